The molecule has 0 aliphatic carbocycles. The molecule has 6 nitrogen and oxygen atoms in total. The molecule has 3 N–H and O–H groups in total. The number of benzene rings is 1. The summed E-state index contributed by atoms with van der Waals surface area (Å²) >= 11 is 3.39. The van der Waals surface area contributed by atoms with E-state index in [0.29, 0.717) is 17.8 Å². The highest BCUT2D eigenvalue weighted by Crippen LogP contribution is 2.23. The lowest BCUT2D eigenvalue weighted by Crippen LogP contribution is -2.18. The van der Waals surface area contributed by atoms with Crippen LogP contribution in [0.2, 0.25) is 0 Å². The molecule has 0 aliphatic rings. The van der Waals surface area contributed by atoms with Gasteiger partial charge in [0.25, 0.3) is 10.0 Å². The van der Waals surface area contributed by atoms with Crippen LogP contribution in [0.15, 0.2) is 33.9 Å². The molecule has 0 saturated heterocycles. The second-order valence-electron chi connectivity index (χ2n) is 4.57. The maximum atomic E-state index is 12.4. The second kappa shape index (κ2) is 6.59. The van der Waals surface area contributed by atoms with Crippen molar-refractivity contribution in [3.05, 3.63) is 40.0 Å². The molecule has 2 aromatic rings. The quantitative estimate of drug-likeness (QED) is 0.726. The molecule has 0 unspecified atom stereocenters. The van der Waals surface area contributed by atoms with Crippen molar-refractivity contribution >= 4 is 31.6 Å². The Hall–Kier alpha value is -1.38. The number of aromatic amines is 1. The normalized spacial score (nSPS) is 11.6. The van der Waals surface area contributed by atoms with Gasteiger partial charge in [0.05, 0.1) is 11.9 Å². The van der Waals surface area contributed by atoms with Crippen molar-refractivity contribution in [1.29, 1.82) is 0 Å². The number of hydrogen-bond donors (Lipinski definition) is 3. The number of anilines is 1. The summed E-state index contributed by atoms with van der Waals surface area (Å²) in [7, 11) is -3.69. The van der Waals surface area contributed by atoms with Gasteiger partial charge in [0, 0.05) is 16.6 Å². The number of nitrogens with zero attached hydrogens (tertiary/aromatic N) is 1. The SMILES string of the molecule is CCNCc1cn[nH]c1S(=O)(=O)Nc1ccc(C)c(Br)c1. The third kappa shape index (κ3) is 3.84. The summed E-state index contributed by atoms with van der Waals surface area (Å²) in [6, 6.07) is 5.29. The maximum absolute atomic E-state index is 12.4. The van der Waals surface area contributed by atoms with Crippen LogP contribution in [0.4, 0.5) is 5.69 Å². The Kier molecular flexibility index (Phi) is 5.02. The van der Waals surface area contributed by atoms with Crippen LogP contribution in [-0.2, 0) is 16.6 Å². The summed E-state index contributed by atoms with van der Waals surface area (Å²) in [6.07, 6.45) is 1.52. The summed E-state index contributed by atoms with van der Waals surface area (Å²) in [5.74, 6) is 0. The summed E-state index contributed by atoms with van der Waals surface area (Å²) in [5, 5.41) is 9.54. The van der Waals surface area contributed by atoms with Gasteiger partial charge in [-0.3, -0.25) is 9.82 Å². The van der Waals surface area contributed by atoms with Gasteiger partial charge in [-0.15, -0.1) is 0 Å². The van der Waals surface area contributed by atoms with Crippen LogP contribution in [0, 0.1) is 6.92 Å². The van der Waals surface area contributed by atoms with Gasteiger partial charge in [0.15, 0.2) is 5.03 Å². The third-order valence-corrected chi connectivity index (χ3v) is 5.19. The van der Waals surface area contributed by atoms with E-state index in [9.17, 15) is 8.42 Å². The third-order valence-electron chi connectivity index (χ3n) is 2.94. The van der Waals surface area contributed by atoms with E-state index in [-0.39, 0.29) is 5.03 Å². The molecule has 114 valence electrons. The molecule has 0 fully saturated rings. The molecular weight excluding hydrogens is 356 g/mol. The molecule has 2 rings (SSSR count). The van der Waals surface area contributed by atoms with E-state index in [2.05, 4.69) is 36.2 Å². The average Bonchev–Trinajstić information content (AvgIpc) is 2.89. The predicted molar refractivity (Wildman–Crippen MR) is 85.7 cm³/mol. The Labute approximate surface area is 132 Å². The van der Waals surface area contributed by atoms with Gasteiger partial charge >= 0.3 is 0 Å². The minimum Gasteiger partial charge on any atom is -0.313 e. The van der Waals surface area contributed by atoms with Gasteiger partial charge in [0.2, 0.25) is 0 Å². The van der Waals surface area contributed by atoms with Crippen LogP contribution in [0.3, 0.4) is 0 Å². The Morgan fingerprint density at radius 2 is 2.14 bits per heavy atom. The molecule has 8 heteroatoms. The van der Waals surface area contributed by atoms with Gasteiger partial charge in [-0.25, -0.2) is 0 Å². The zero-order chi connectivity index (χ0) is 15.5. The van der Waals surface area contributed by atoms with Crippen molar-refractivity contribution in [3.63, 3.8) is 0 Å². The number of rotatable bonds is 6. The van der Waals surface area contributed by atoms with E-state index in [1.165, 1.54) is 6.20 Å². The molecule has 1 heterocycles. The Bertz CT molecular complexity index is 728. The minimum atomic E-state index is -3.69. The van der Waals surface area contributed by atoms with Crippen molar-refractivity contribution < 1.29 is 8.42 Å². The molecule has 1 aromatic heterocycles. The van der Waals surface area contributed by atoms with Gasteiger partial charge in [-0.2, -0.15) is 13.5 Å². The monoisotopic (exact) mass is 372 g/mol. The number of hydrogen-bond acceptors (Lipinski definition) is 4. The molecule has 0 bridgehead atoms. The van der Waals surface area contributed by atoms with E-state index in [0.717, 1.165) is 16.6 Å². The number of nitrogens with one attached hydrogen (secondary N) is 3. The molecule has 0 radical (unpaired) electrons. The first-order chi connectivity index (χ1) is 9.94. The van der Waals surface area contributed by atoms with Crippen molar-refractivity contribution in [2.75, 3.05) is 11.3 Å². The highest BCUT2D eigenvalue weighted by Gasteiger charge is 2.20. The number of halogens is 1. The van der Waals surface area contributed by atoms with Crippen LogP contribution >= 0.6 is 15.9 Å². The number of aromatic nitrogens is 2. The Morgan fingerprint density at radius 3 is 2.81 bits per heavy atom. The number of aryl methyl sites for hydroxylation is 1. The Morgan fingerprint density at radius 1 is 1.38 bits per heavy atom. The Balaban J connectivity index is 2.26. The lowest BCUT2D eigenvalue weighted by Gasteiger charge is -2.09. The fourth-order valence-corrected chi connectivity index (χ4v) is 3.34. The fraction of sp³-hybridized carbons (Fsp3) is 0.308. The van der Waals surface area contributed by atoms with Gasteiger partial charge in [0.1, 0.15) is 0 Å². The lowest BCUT2D eigenvalue weighted by molar-refractivity contribution is 0.594. The molecular formula is C13H17BrN4O2S. The lowest BCUT2D eigenvalue weighted by atomic mass is 10.2. The van der Waals surface area contributed by atoms with Crippen LogP contribution in [0.25, 0.3) is 0 Å². The van der Waals surface area contributed by atoms with E-state index in [4.69, 9.17) is 0 Å². The van der Waals surface area contributed by atoms with Crippen LogP contribution in [0.5, 0.6) is 0 Å². The highest BCUT2D eigenvalue weighted by molar-refractivity contribution is 9.10. The average molecular weight is 373 g/mol. The number of sulfonamides is 1. The van der Waals surface area contributed by atoms with E-state index < -0.39 is 10.0 Å². The van der Waals surface area contributed by atoms with E-state index in [1.807, 2.05) is 19.9 Å². The van der Waals surface area contributed by atoms with Crippen molar-refractivity contribution in [2.24, 2.45) is 0 Å². The molecule has 21 heavy (non-hydrogen) atoms. The first-order valence-corrected chi connectivity index (χ1v) is 8.73. The van der Waals surface area contributed by atoms with Gasteiger partial charge in [-0.1, -0.05) is 28.9 Å². The maximum Gasteiger partial charge on any atom is 0.279 e. The van der Waals surface area contributed by atoms with E-state index in [1.54, 1.807) is 12.1 Å². The predicted octanol–water partition coefficient (Wildman–Crippen LogP) is 2.39. The first kappa shape index (κ1) is 16.0. The summed E-state index contributed by atoms with van der Waals surface area (Å²) in [5.41, 5.74) is 2.14. The van der Waals surface area contributed by atoms with Gasteiger partial charge < -0.3 is 5.32 Å². The van der Waals surface area contributed by atoms with Crippen molar-refractivity contribution in [1.82, 2.24) is 15.5 Å². The fourth-order valence-electron chi connectivity index (χ4n) is 1.78. The summed E-state index contributed by atoms with van der Waals surface area (Å²) in [6.45, 7) is 5.09. The molecule has 0 saturated carbocycles. The molecule has 0 amide bonds. The van der Waals surface area contributed by atoms with Crippen molar-refractivity contribution in [2.45, 2.75) is 25.4 Å². The van der Waals surface area contributed by atoms with Crippen LogP contribution in [0.1, 0.15) is 18.1 Å². The van der Waals surface area contributed by atoms with Crippen molar-refractivity contribution in [3.8, 4) is 0 Å². The summed E-state index contributed by atoms with van der Waals surface area (Å²) in [4.78, 5) is 0. The smallest absolute Gasteiger partial charge is 0.279 e. The first-order valence-electron chi connectivity index (χ1n) is 6.46. The van der Waals surface area contributed by atoms with Crippen LogP contribution in [-0.4, -0.2) is 25.2 Å². The standard InChI is InChI=1S/C13H17BrN4O2S/c1-3-15-7-10-8-16-17-13(10)21(19,20)18-11-5-4-9(2)12(14)6-11/h4-6,8,15,18H,3,7H2,1-2H3,(H,16,17). The van der Waals surface area contributed by atoms with E-state index >= 15 is 0 Å². The van der Waals surface area contributed by atoms with Crippen LogP contribution < -0.4 is 10.0 Å². The molecule has 0 aliphatic heterocycles. The summed E-state index contributed by atoms with van der Waals surface area (Å²) < 4.78 is 28.2. The zero-order valence-electron chi connectivity index (χ0n) is 11.8. The second-order valence-corrected chi connectivity index (χ2v) is 7.05. The molecule has 0 atom stereocenters. The zero-order valence-corrected chi connectivity index (χ0v) is 14.2. The topological polar surface area (TPSA) is 86.9 Å². The largest absolute Gasteiger partial charge is 0.313 e. The molecule has 1 aromatic carbocycles. The molecule has 0 spiro atoms. The van der Waals surface area contributed by atoms with Gasteiger partial charge in [-0.05, 0) is 31.2 Å². The minimum absolute atomic E-state index is 0.0835. The number of H-pyrrole nitrogens is 1. The highest BCUT2D eigenvalue weighted by atomic mass is 79.9.